The summed E-state index contributed by atoms with van der Waals surface area (Å²) in [6, 6.07) is 10.5. The molecule has 1 aromatic carbocycles. The van der Waals surface area contributed by atoms with Crippen LogP contribution >= 0.6 is 11.8 Å². The van der Waals surface area contributed by atoms with Crippen molar-refractivity contribution in [2.24, 2.45) is 0 Å². The molecule has 0 atom stereocenters. The van der Waals surface area contributed by atoms with Crippen LogP contribution in [0.1, 0.15) is 0 Å². The van der Waals surface area contributed by atoms with Crippen LogP contribution in [0.4, 0.5) is 17.3 Å². The number of hydrogen-bond acceptors (Lipinski definition) is 1. The first-order valence-electron chi connectivity index (χ1n) is 4.93. The normalized spacial score (nSPS) is 11.7. The molecule has 0 aliphatic rings. The molecule has 0 bridgehead atoms. The summed E-state index contributed by atoms with van der Waals surface area (Å²) < 4.78 is 40.0. The molecule has 98 valence electrons. The summed E-state index contributed by atoms with van der Waals surface area (Å²) in [5.74, 6) is 1.12. The van der Waals surface area contributed by atoms with E-state index in [1.54, 1.807) is 0 Å². The molecule has 0 aromatic heterocycles. The Bertz CT molecular complexity index is 304. The van der Waals surface area contributed by atoms with E-state index in [-0.39, 0.29) is 0 Å². The van der Waals surface area contributed by atoms with Gasteiger partial charge in [-0.1, -0.05) is 30.0 Å². The van der Waals surface area contributed by atoms with Gasteiger partial charge in [-0.2, -0.15) is 0 Å². The van der Waals surface area contributed by atoms with Gasteiger partial charge < -0.3 is 21.7 Å². The Morgan fingerprint density at radius 3 is 1.76 bits per heavy atom. The van der Waals surface area contributed by atoms with Crippen LogP contribution in [0.3, 0.4) is 0 Å². The average Bonchev–Trinajstić information content (AvgIpc) is 2.13. The van der Waals surface area contributed by atoms with Crippen LogP contribution in [-0.2, 0) is 0 Å². The molecule has 0 saturated carbocycles. The van der Waals surface area contributed by atoms with Crippen LogP contribution in [0.15, 0.2) is 35.2 Å². The molecule has 0 N–H and O–H groups in total. The molecule has 0 radical (unpaired) electrons. The number of quaternary nitrogens is 1. The summed E-state index contributed by atoms with van der Waals surface area (Å²) in [5, 5.41) is 0. The van der Waals surface area contributed by atoms with Gasteiger partial charge in [0.1, 0.15) is 5.88 Å². The van der Waals surface area contributed by atoms with Gasteiger partial charge in [0.2, 0.25) is 0 Å². The van der Waals surface area contributed by atoms with Crippen molar-refractivity contribution >= 4 is 19.0 Å². The highest BCUT2D eigenvalue weighted by atomic mass is 32.2. The van der Waals surface area contributed by atoms with Crippen molar-refractivity contribution in [3.8, 4) is 0 Å². The maximum absolute atomic E-state index is 9.75. The van der Waals surface area contributed by atoms with Crippen LogP contribution in [0.2, 0.25) is 0 Å². The Balaban J connectivity index is 0.000000437. The Hall–Kier alpha value is -0.685. The molecule has 0 aliphatic heterocycles. The van der Waals surface area contributed by atoms with Crippen molar-refractivity contribution in [3.63, 3.8) is 0 Å². The molecule has 0 unspecified atom stereocenters. The van der Waals surface area contributed by atoms with E-state index < -0.39 is 7.25 Å². The van der Waals surface area contributed by atoms with E-state index in [0.29, 0.717) is 0 Å². The zero-order valence-electron chi connectivity index (χ0n) is 10.0. The van der Waals surface area contributed by atoms with Gasteiger partial charge in [0.15, 0.2) is 0 Å². The molecule has 1 rings (SSSR count). The first-order valence-corrected chi connectivity index (χ1v) is 5.92. The first-order chi connectivity index (χ1) is 7.58. The topological polar surface area (TPSA) is 0 Å². The van der Waals surface area contributed by atoms with Gasteiger partial charge in [-0.05, 0) is 12.1 Å². The van der Waals surface area contributed by atoms with Crippen molar-refractivity contribution in [2.75, 3.05) is 27.0 Å². The van der Waals surface area contributed by atoms with Gasteiger partial charge in [-0.25, -0.2) is 0 Å². The maximum atomic E-state index is 9.75. The van der Waals surface area contributed by atoms with E-state index in [9.17, 15) is 17.3 Å². The summed E-state index contributed by atoms with van der Waals surface area (Å²) in [4.78, 5) is 1.35. The zero-order chi connectivity index (χ0) is 13.5. The second-order valence-electron chi connectivity index (χ2n) is 4.37. The molecular weight excluding hydrogens is 253 g/mol. The van der Waals surface area contributed by atoms with Crippen molar-refractivity contribution in [1.82, 2.24) is 0 Å². The third-order valence-corrected chi connectivity index (χ3v) is 2.87. The summed E-state index contributed by atoms with van der Waals surface area (Å²) in [6.45, 7) is 0. The van der Waals surface area contributed by atoms with Gasteiger partial charge in [0, 0.05) is 4.90 Å². The van der Waals surface area contributed by atoms with E-state index in [1.165, 1.54) is 4.90 Å². The van der Waals surface area contributed by atoms with Crippen LogP contribution in [0.5, 0.6) is 0 Å². The highest BCUT2D eigenvalue weighted by Crippen LogP contribution is 2.18. The molecule has 0 heterocycles. The van der Waals surface area contributed by atoms with Gasteiger partial charge in [0.05, 0.1) is 21.1 Å². The van der Waals surface area contributed by atoms with Crippen LogP contribution in [-0.4, -0.2) is 38.8 Å². The highest BCUT2D eigenvalue weighted by molar-refractivity contribution is 7.99. The monoisotopic (exact) mass is 269 g/mol. The minimum absolute atomic E-state index is 1.000. The largest absolute Gasteiger partial charge is 0.673 e. The predicted molar refractivity (Wildman–Crippen MR) is 65.4 cm³/mol. The van der Waals surface area contributed by atoms with Crippen LogP contribution in [0, 0.1) is 0 Å². The molecule has 0 aliphatic carbocycles. The minimum Gasteiger partial charge on any atom is -0.418 e. The van der Waals surface area contributed by atoms with Gasteiger partial charge in [-0.15, -0.1) is 0 Å². The lowest BCUT2D eigenvalue weighted by Crippen LogP contribution is -2.33. The maximum Gasteiger partial charge on any atom is 0.673 e. The molecular formula is C10H16BF4NS. The second kappa shape index (κ2) is 6.91. The third kappa shape index (κ3) is 15.3. The molecule has 0 amide bonds. The fraction of sp³-hybridized carbons (Fsp3) is 0.400. The SMILES string of the molecule is C[N+](C)(C)CSc1ccccc1.F[B-](F)(F)F. The molecule has 0 spiro atoms. The molecule has 1 nitrogen and oxygen atoms in total. The van der Waals surface area contributed by atoms with E-state index in [2.05, 4.69) is 51.5 Å². The standard InChI is InChI=1S/C10H16NS.BF4/c1-11(2,3)9-12-10-7-5-4-6-8-10;2-1(3,4)5/h4-8H,9H2,1-3H3;/q+1;-1. The third-order valence-electron chi connectivity index (χ3n) is 1.36. The Kier molecular flexibility index (Phi) is 6.63. The average molecular weight is 269 g/mol. The predicted octanol–water partition coefficient (Wildman–Crippen LogP) is 3.74. The summed E-state index contributed by atoms with van der Waals surface area (Å²) in [7, 11) is 0.613. The number of halogens is 4. The lowest BCUT2D eigenvalue weighted by molar-refractivity contribution is -0.857. The van der Waals surface area contributed by atoms with Crippen molar-refractivity contribution < 1.29 is 21.7 Å². The van der Waals surface area contributed by atoms with E-state index in [4.69, 9.17) is 0 Å². The van der Waals surface area contributed by atoms with E-state index >= 15 is 0 Å². The number of nitrogens with zero attached hydrogens (tertiary/aromatic N) is 1. The minimum atomic E-state index is -6.00. The van der Waals surface area contributed by atoms with Crippen LogP contribution < -0.4 is 0 Å². The summed E-state index contributed by atoms with van der Waals surface area (Å²) >= 11 is 1.90. The molecule has 1 aromatic rings. The van der Waals surface area contributed by atoms with Crippen LogP contribution in [0.25, 0.3) is 0 Å². The number of rotatable bonds is 3. The van der Waals surface area contributed by atoms with E-state index in [0.717, 1.165) is 10.4 Å². The Labute approximate surface area is 104 Å². The van der Waals surface area contributed by atoms with Crippen molar-refractivity contribution in [1.29, 1.82) is 0 Å². The number of thioether (sulfide) groups is 1. The highest BCUT2D eigenvalue weighted by Gasteiger charge is 2.20. The number of benzene rings is 1. The molecule has 7 heteroatoms. The molecule has 0 fully saturated rings. The Morgan fingerprint density at radius 1 is 1.00 bits per heavy atom. The molecule has 17 heavy (non-hydrogen) atoms. The second-order valence-corrected chi connectivity index (χ2v) is 5.39. The zero-order valence-corrected chi connectivity index (χ0v) is 10.9. The van der Waals surface area contributed by atoms with Gasteiger partial charge in [-0.3, -0.25) is 0 Å². The smallest absolute Gasteiger partial charge is 0.418 e. The van der Waals surface area contributed by atoms with Crippen molar-refractivity contribution in [3.05, 3.63) is 30.3 Å². The van der Waals surface area contributed by atoms with E-state index in [1.807, 2.05) is 11.8 Å². The summed E-state index contributed by atoms with van der Waals surface area (Å²) in [5.41, 5.74) is 0. The van der Waals surface area contributed by atoms with Gasteiger partial charge >= 0.3 is 7.25 Å². The fourth-order valence-corrected chi connectivity index (χ4v) is 1.67. The van der Waals surface area contributed by atoms with Crippen molar-refractivity contribution in [2.45, 2.75) is 4.90 Å². The fourth-order valence-electron chi connectivity index (χ4n) is 0.785. The number of hydrogen-bond donors (Lipinski definition) is 0. The summed E-state index contributed by atoms with van der Waals surface area (Å²) in [6.07, 6.45) is 0. The first kappa shape index (κ1) is 16.3. The lowest BCUT2D eigenvalue weighted by Gasteiger charge is -2.22. The quantitative estimate of drug-likeness (QED) is 0.265. The lowest BCUT2D eigenvalue weighted by atomic mass is 10.3. The molecule has 0 saturated heterocycles. The Morgan fingerprint density at radius 2 is 1.41 bits per heavy atom. The van der Waals surface area contributed by atoms with Gasteiger partial charge in [0.25, 0.3) is 0 Å².